The van der Waals surface area contributed by atoms with E-state index >= 15 is 0 Å². The predicted octanol–water partition coefficient (Wildman–Crippen LogP) is 2.94. The molecule has 98 valence electrons. The van der Waals surface area contributed by atoms with Gasteiger partial charge in [-0.15, -0.1) is 0 Å². The smallest absolute Gasteiger partial charge is 0.139 e. The molecule has 3 rings (SSSR count). The minimum absolute atomic E-state index is 0.127. The Labute approximate surface area is 116 Å². The molecule has 0 fully saturated rings. The molecule has 0 aliphatic heterocycles. The third-order valence-corrected chi connectivity index (χ3v) is 3.70. The maximum absolute atomic E-state index is 9.86. The second-order valence-corrected chi connectivity index (χ2v) is 5.01. The highest BCUT2D eigenvalue weighted by Gasteiger charge is 2.17. The number of nitrogens with one attached hydrogen (secondary N) is 1. The van der Waals surface area contributed by atoms with Crippen molar-refractivity contribution in [1.29, 1.82) is 0 Å². The van der Waals surface area contributed by atoms with Gasteiger partial charge in [0.25, 0.3) is 0 Å². The van der Waals surface area contributed by atoms with Gasteiger partial charge in [0.05, 0.1) is 5.02 Å². The first kappa shape index (κ1) is 12.2. The molecule has 2 aromatic rings. The van der Waals surface area contributed by atoms with Gasteiger partial charge in [-0.3, -0.25) is 0 Å². The van der Waals surface area contributed by atoms with E-state index in [1.54, 1.807) is 12.4 Å². The van der Waals surface area contributed by atoms with Gasteiger partial charge in [-0.2, -0.15) is 0 Å². The van der Waals surface area contributed by atoms with Crippen LogP contribution in [-0.4, -0.2) is 15.1 Å². The molecule has 0 bridgehead atoms. The molecule has 1 aliphatic carbocycles. The summed E-state index contributed by atoms with van der Waals surface area (Å²) < 4.78 is 0. The number of phenolic OH excluding ortho intramolecular Hbond substituents is 1. The van der Waals surface area contributed by atoms with Gasteiger partial charge in [-0.05, 0) is 25.3 Å². The summed E-state index contributed by atoms with van der Waals surface area (Å²) in [4.78, 5) is 8.57. The Kier molecular flexibility index (Phi) is 3.25. The highest BCUT2D eigenvalue weighted by atomic mass is 35.5. The van der Waals surface area contributed by atoms with Gasteiger partial charge >= 0.3 is 0 Å². The van der Waals surface area contributed by atoms with Crippen LogP contribution in [0.1, 0.15) is 23.2 Å². The zero-order chi connectivity index (χ0) is 13.2. The molecule has 0 saturated carbocycles. The Morgan fingerprint density at radius 3 is 3.05 bits per heavy atom. The van der Waals surface area contributed by atoms with Crippen molar-refractivity contribution in [2.75, 3.05) is 5.32 Å². The van der Waals surface area contributed by atoms with Gasteiger partial charge in [-0.25, -0.2) is 9.97 Å². The lowest BCUT2D eigenvalue weighted by molar-refractivity contribution is 0.469. The van der Waals surface area contributed by atoms with E-state index < -0.39 is 0 Å². The first-order chi connectivity index (χ1) is 9.25. The largest absolute Gasteiger partial charge is 0.506 e. The van der Waals surface area contributed by atoms with Gasteiger partial charge in [0.15, 0.2) is 0 Å². The minimum Gasteiger partial charge on any atom is -0.506 e. The minimum atomic E-state index is 0.127. The molecule has 0 unspecified atom stereocenters. The Hall–Kier alpha value is -1.81. The predicted molar refractivity (Wildman–Crippen MR) is 74.5 cm³/mol. The van der Waals surface area contributed by atoms with Gasteiger partial charge in [0, 0.05) is 23.4 Å². The van der Waals surface area contributed by atoms with E-state index in [9.17, 15) is 5.11 Å². The van der Waals surface area contributed by atoms with Gasteiger partial charge < -0.3 is 10.4 Å². The number of halogens is 1. The maximum atomic E-state index is 9.86. The van der Waals surface area contributed by atoms with Crippen LogP contribution in [0.3, 0.4) is 0 Å². The third-order valence-electron chi connectivity index (χ3n) is 3.39. The molecule has 19 heavy (non-hydrogen) atoms. The summed E-state index contributed by atoms with van der Waals surface area (Å²) in [5.41, 5.74) is 3.09. The third kappa shape index (κ3) is 2.36. The molecule has 0 amide bonds. The molecule has 5 heteroatoms. The van der Waals surface area contributed by atoms with Gasteiger partial charge in [-0.1, -0.05) is 23.7 Å². The van der Waals surface area contributed by atoms with Crippen molar-refractivity contribution in [1.82, 2.24) is 9.97 Å². The lowest BCUT2D eigenvalue weighted by Crippen LogP contribution is -2.05. The molecule has 0 saturated heterocycles. The fraction of sp³-hybridized carbons (Fsp3) is 0.286. The number of aryl methyl sites for hydroxylation is 1. The first-order valence-electron chi connectivity index (χ1n) is 6.28. The van der Waals surface area contributed by atoms with E-state index in [1.807, 2.05) is 12.1 Å². The molecule has 0 radical (unpaired) electrons. The molecular formula is C14H14ClN3O. The average molecular weight is 276 g/mol. The lowest BCUT2D eigenvalue weighted by Gasteiger charge is -2.11. The summed E-state index contributed by atoms with van der Waals surface area (Å²) >= 11 is 5.89. The first-order valence-corrected chi connectivity index (χ1v) is 6.66. The van der Waals surface area contributed by atoms with Crippen LogP contribution < -0.4 is 5.32 Å². The number of fused-ring (bicyclic) bond motifs is 1. The highest BCUT2D eigenvalue weighted by Crippen LogP contribution is 2.29. The van der Waals surface area contributed by atoms with Crippen molar-refractivity contribution in [3.05, 3.63) is 46.4 Å². The molecule has 2 N–H and O–H groups in total. The Bertz CT molecular complexity index is 616. The number of hydrogen-bond acceptors (Lipinski definition) is 4. The molecule has 1 aliphatic rings. The number of phenols is 1. The van der Waals surface area contributed by atoms with Crippen molar-refractivity contribution < 1.29 is 5.11 Å². The van der Waals surface area contributed by atoms with Gasteiger partial charge in [0.1, 0.15) is 17.9 Å². The zero-order valence-electron chi connectivity index (χ0n) is 10.4. The van der Waals surface area contributed by atoms with Crippen LogP contribution in [0.2, 0.25) is 5.02 Å². The lowest BCUT2D eigenvalue weighted by atomic mass is 10.2. The monoisotopic (exact) mass is 275 g/mol. The molecule has 0 spiro atoms. The van der Waals surface area contributed by atoms with Crippen LogP contribution in [0, 0.1) is 0 Å². The Balaban J connectivity index is 1.80. The molecular weight excluding hydrogens is 262 g/mol. The van der Waals surface area contributed by atoms with Gasteiger partial charge in [0.2, 0.25) is 0 Å². The number of nitrogens with zero attached hydrogens (tertiary/aromatic N) is 2. The summed E-state index contributed by atoms with van der Waals surface area (Å²) in [5, 5.41) is 13.5. The number of anilines is 1. The van der Waals surface area contributed by atoms with Crippen molar-refractivity contribution in [2.24, 2.45) is 0 Å². The molecule has 1 aromatic heterocycles. The quantitative estimate of drug-likeness (QED) is 0.904. The second-order valence-electron chi connectivity index (χ2n) is 4.60. The second kappa shape index (κ2) is 5.05. The van der Waals surface area contributed by atoms with Crippen LogP contribution in [0.25, 0.3) is 0 Å². The molecule has 1 aromatic carbocycles. The van der Waals surface area contributed by atoms with Crippen LogP contribution in [0.15, 0.2) is 24.5 Å². The van der Waals surface area contributed by atoms with E-state index in [0.717, 1.165) is 36.3 Å². The standard InChI is InChI=1S/C14H14ClN3O/c15-11-5-1-3-9(13(11)19)7-16-14-10-4-2-6-12(10)17-8-18-14/h1,3,5,8,19H,2,4,6-7H2,(H,16,17,18). The summed E-state index contributed by atoms with van der Waals surface area (Å²) in [6.45, 7) is 0.496. The van der Waals surface area contributed by atoms with Crippen molar-refractivity contribution >= 4 is 17.4 Å². The topological polar surface area (TPSA) is 58.0 Å². The van der Waals surface area contributed by atoms with Crippen molar-refractivity contribution in [3.8, 4) is 5.75 Å². The maximum Gasteiger partial charge on any atom is 0.139 e. The summed E-state index contributed by atoms with van der Waals surface area (Å²) in [7, 11) is 0. The summed E-state index contributed by atoms with van der Waals surface area (Å²) in [5.74, 6) is 0.990. The average Bonchev–Trinajstić information content (AvgIpc) is 2.89. The number of benzene rings is 1. The SMILES string of the molecule is Oc1c(Cl)cccc1CNc1ncnc2c1CCC2. The number of hydrogen-bond donors (Lipinski definition) is 2. The number of aromatic nitrogens is 2. The van der Waals surface area contributed by atoms with Crippen LogP contribution in [-0.2, 0) is 19.4 Å². The van der Waals surface area contributed by atoms with E-state index in [4.69, 9.17) is 11.6 Å². The van der Waals surface area contributed by atoms with Crippen LogP contribution in [0.5, 0.6) is 5.75 Å². The number of para-hydroxylation sites is 1. The Morgan fingerprint density at radius 2 is 2.16 bits per heavy atom. The number of rotatable bonds is 3. The normalized spacial score (nSPS) is 13.3. The highest BCUT2D eigenvalue weighted by molar-refractivity contribution is 6.32. The molecule has 1 heterocycles. The fourth-order valence-corrected chi connectivity index (χ4v) is 2.59. The summed E-state index contributed by atoms with van der Waals surface area (Å²) in [6, 6.07) is 5.34. The zero-order valence-corrected chi connectivity index (χ0v) is 11.1. The molecule has 0 atom stereocenters. The molecule has 4 nitrogen and oxygen atoms in total. The van der Waals surface area contributed by atoms with E-state index in [-0.39, 0.29) is 5.75 Å². The van der Waals surface area contributed by atoms with E-state index in [0.29, 0.717) is 11.6 Å². The van der Waals surface area contributed by atoms with Crippen molar-refractivity contribution in [2.45, 2.75) is 25.8 Å². The van der Waals surface area contributed by atoms with Crippen molar-refractivity contribution in [3.63, 3.8) is 0 Å². The summed E-state index contributed by atoms with van der Waals surface area (Å²) in [6.07, 6.45) is 4.75. The fourth-order valence-electron chi connectivity index (χ4n) is 2.39. The number of aromatic hydroxyl groups is 1. The van der Waals surface area contributed by atoms with E-state index in [2.05, 4.69) is 15.3 Å². The van der Waals surface area contributed by atoms with Crippen LogP contribution in [0.4, 0.5) is 5.82 Å². The van der Waals surface area contributed by atoms with Crippen LogP contribution >= 0.6 is 11.6 Å². The Morgan fingerprint density at radius 1 is 1.26 bits per heavy atom. The van der Waals surface area contributed by atoms with E-state index in [1.165, 1.54) is 5.56 Å².